The maximum absolute atomic E-state index is 11.7. The van der Waals surface area contributed by atoms with Crippen LogP contribution >= 0.6 is 23.2 Å². The molecule has 0 aliphatic rings. The first-order valence-electron chi connectivity index (χ1n) is 5.74. The van der Waals surface area contributed by atoms with E-state index < -0.39 is 5.54 Å². The summed E-state index contributed by atoms with van der Waals surface area (Å²) in [4.78, 5) is 11.7. The summed E-state index contributed by atoms with van der Waals surface area (Å²) < 4.78 is 5.34. The molecule has 5 heteroatoms. The quantitative estimate of drug-likeness (QED) is 0.817. The molecule has 0 fully saturated rings. The highest BCUT2D eigenvalue weighted by atomic mass is 35.5. The number of amides is 1. The number of halogens is 2. The highest BCUT2D eigenvalue weighted by molar-refractivity contribution is 6.30. The molecule has 1 aromatic rings. The fourth-order valence-electron chi connectivity index (χ4n) is 1.29. The number of hydrogen-bond donors (Lipinski definition) is 1. The molecule has 1 N–H and O–H groups in total. The topological polar surface area (TPSA) is 38.3 Å². The molecule has 1 rings (SSSR count). The van der Waals surface area contributed by atoms with Gasteiger partial charge in [0.05, 0.1) is 5.54 Å². The van der Waals surface area contributed by atoms with Crippen LogP contribution in [0.15, 0.2) is 24.3 Å². The van der Waals surface area contributed by atoms with E-state index in [4.69, 9.17) is 27.9 Å². The zero-order valence-corrected chi connectivity index (χ0v) is 12.0. The molecule has 0 aromatic heterocycles. The third-order valence-corrected chi connectivity index (χ3v) is 3.51. The Hall–Kier alpha value is -0.930. The molecule has 0 aliphatic heterocycles. The zero-order chi connectivity index (χ0) is 13.6. The van der Waals surface area contributed by atoms with Gasteiger partial charge in [0.15, 0.2) is 6.61 Å². The number of carbonyl (C=O) groups excluding carboxylic acids is 1. The van der Waals surface area contributed by atoms with Crippen LogP contribution in [0.1, 0.15) is 20.3 Å². The van der Waals surface area contributed by atoms with Gasteiger partial charge in [-0.05, 0) is 31.5 Å². The highest BCUT2D eigenvalue weighted by Crippen LogP contribution is 2.17. The summed E-state index contributed by atoms with van der Waals surface area (Å²) in [5, 5.41) is 3.42. The molecule has 1 aromatic carbocycles. The Bertz CT molecular complexity index is 406. The van der Waals surface area contributed by atoms with Crippen LogP contribution < -0.4 is 10.1 Å². The second-order valence-electron chi connectivity index (χ2n) is 4.34. The Balaban J connectivity index is 2.47. The van der Waals surface area contributed by atoms with Crippen LogP contribution in [0, 0.1) is 0 Å². The van der Waals surface area contributed by atoms with Crippen LogP contribution in [0.5, 0.6) is 5.75 Å². The first-order valence-corrected chi connectivity index (χ1v) is 6.65. The van der Waals surface area contributed by atoms with Crippen molar-refractivity contribution >= 4 is 29.1 Å². The van der Waals surface area contributed by atoms with Crippen molar-refractivity contribution in [2.45, 2.75) is 25.8 Å². The smallest absolute Gasteiger partial charge is 0.258 e. The number of carbonyl (C=O) groups is 1. The Labute approximate surface area is 117 Å². The van der Waals surface area contributed by atoms with E-state index in [0.29, 0.717) is 16.7 Å². The van der Waals surface area contributed by atoms with Gasteiger partial charge in [0.25, 0.3) is 5.91 Å². The van der Waals surface area contributed by atoms with Gasteiger partial charge in [-0.2, -0.15) is 0 Å². The summed E-state index contributed by atoms with van der Waals surface area (Å²) >= 11 is 11.6. The molecule has 3 nitrogen and oxygen atoms in total. The van der Waals surface area contributed by atoms with Gasteiger partial charge in [0, 0.05) is 10.9 Å². The van der Waals surface area contributed by atoms with E-state index in [0.717, 1.165) is 6.42 Å². The molecule has 0 bridgehead atoms. The average Bonchev–Trinajstić information content (AvgIpc) is 2.36. The minimum atomic E-state index is -0.393. The van der Waals surface area contributed by atoms with Crippen molar-refractivity contribution in [2.75, 3.05) is 12.5 Å². The van der Waals surface area contributed by atoms with Crippen LogP contribution in [0.25, 0.3) is 0 Å². The van der Waals surface area contributed by atoms with Crippen LogP contribution in [-0.4, -0.2) is 23.9 Å². The lowest BCUT2D eigenvalue weighted by Crippen LogP contribution is -2.48. The lowest BCUT2D eigenvalue weighted by Gasteiger charge is -2.26. The molecule has 0 aliphatic carbocycles. The van der Waals surface area contributed by atoms with Gasteiger partial charge < -0.3 is 10.1 Å². The van der Waals surface area contributed by atoms with Crippen molar-refractivity contribution in [1.82, 2.24) is 5.32 Å². The Morgan fingerprint density at radius 1 is 1.50 bits per heavy atom. The van der Waals surface area contributed by atoms with Gasteiger partial charge >= 0.3 is 0 Å². The van der Waals surface area contributed by atoms with E-state index in [1.807, 2.05) is 13.8 Å². The first-order chi connectivity index (χ1) is 8.49. The van der Waals surface area contributed by atoms with Gasteiger partial charge in [0.1, 0.15) is 5.75 Å². The largest absolute Gasteiger partial charge is 0.484 e. The fraction of sp³-hybridized carbons (Fsp3) is 0.462. The minimum Gasteiger partial charge on any atom is -0.484 e. The van der Waals surface area contributed by atoms with E-state index in [1.54, 1.807) is 24.3 Å². The van der Waals surface area contributed by atoms with E-state index in [2.05, 4.69) is 5.32 Å². The molecule has 0 saturated heterocycles. The van der Waals surface area contributed by atoms with Crippen LogP contribution in [0.4, 0.5) is 0 Å². The number of alkyl halides is 1. The standard InChI is InChI=1S/C13H17Cl2NO2/c1-3-13(2,9-14)16-12(17)8-18-11-6-4-5-10(15)7-11/h4-7H,3,8-9H2,1-2H3,(H,16,17). The van der Waals surface area contributed by atoms with Gasteiger partial charge in [-0.15, -0.1) is 11.6 Å². The minimum absolute atomic E-state index is 0.0488. The number of ether oxygens (including phenoxy) is 1. The van der Waals surface area contributed by atoms with Gasteiger partial charge in [-0.3, -0.25) is 4.79 Å². The average molecular weight is 290 g/mol. The molecule has 100 valence electrons. The second-order valence-corrected chi connectivity index (χ2v) is 5.05. The summed E-state index contributed by atoms with van der Waals surface area (Å²) in [6.45, 7) is 3.82. The predicted molar refractivity (Wildman–Crippen MR) is 74.5 cm³/mol. The van der Waals surface area contributed by atoms with Crippen LogP contribution in [0.3, 0.4) is 0 Å². The zero-order valence-electron chi connectivity index (χ0n) is 10.5. The van der Waals surface area contributed by atoms with Crippen molar-refractivity contribution in [3.63, 3.8) is 0 Å². The molecule has 1 atom stereocenters. The van der Waals surface area contributed by atoms with Gasteiger partial charge in [-0.1, -0.05) is 24.6 Å². The number of rotatable bonds is 6. The van der Waals surface area contributed by atoms with E-state index >= 15 is 0 Å². The Morgan fingerprint density at radius 2 is 2.22 bits per heavy atom. The Kier molecular flexibility index (Phi) is 5.76. The van der Waals surface area contributed by atoms with Crippen molar-refractivity contribution in [3.8, 4) is 5.75 Å². The second kappa shape index (κ2) is 6.86. The number of benzene rings is 1. The lowest BCUT2D eigenvalue weighted by atomic mass is 10.0. The van der Waals surface area contributed by atoms with Gasteiger partial charge in [0.2, 0.25) is 0 Å². The molecular weight excluding hydrogens is 273 g/mol. The third kappa shape index (κ3) is 4.75. The third-order valence-electron chi connectivity index (χ3n) is 2.68. The summed E-state index contributed by atoms with van der Waals surface area (Å²) in [5.41, 5.74) is -0.393. The lowest BCUT2D eigenvalue weighted by molar-refractivity contribution is -0.124. The van der Waals surface area contributed by atoms with Crippen molar-refractivity contribution in [1.29, 1.82) is 0 Å². The van der Waals surface area contributed by atoms with Crippen LogP contribution in [-0.2, 0) is 4.79 Å². The van der Waals surface area contributed by atoms with Crippen LogP contribution in [0.2, 0.25) is 5.02 Å². The monoisotopic (exact) mass is 289 g/mol. The predicted octanol–water partition coefficient (Wildman–Crippen LogP) is 3.24. The number of nitrogens with one attached hydrogen (secondary N) is 1. The van der Waals surface area contributed by atoms with Crippen molar-refractivity contribution < 1.29 is 9.53 Å². The molecule has 1 amide bonds. The summed E-state index contributed by atoms with van der Waals surface area (Å²) in [7, 11) is 0. The summed E-state index contributed by atoms with van der Waals surface area (Å²) in [6, 6.07) is 6.93. The van der Waals surface area contributed by atoms with E-state index in [-0.39, 0.29) is 12.5 Å². The molecule has 18 heavy (non-hydrogen) atoms. The summed E-state index contributed by atoms with van der Waals surface area (Å²) in [6.07, 6.45) is 0.763. The van der Waals surface area contributed by atoms with Crippen molar-refractivity contribution in [3.05, 3.63) is 29.3 Å². The molecule has 0 spiro atoms. The number of hydrogen-bond acceptors (Lipinski definition) is 2. The van der Waals surface area contributed by atoms with E-state index in [1.165, 1.54) is 0 Å². The van der Waals surface area contributed by atoms with Gasteiger partial charge in [-0.25, -0.2) is 0 Å². The normalized spacial score (nSPS) is 13.8. The molecule has 0 saturated carbocycles. The Morgan fingerprint density at radius 3 is 2.78 bits per heavy atom. The maximum Gasteiger partial charge on any atom is 0.258 e. The fourth-order valence-corrected chi connectivity index (χ4v) is 1.73. The first kappa shape index (κ1) is 15.1. The molecule has 0 heterocycles. The van der Waals surface area contributed by atoms with Crippen molar-refractivity contribution in [2.24, 2.45) is 0 Å². The van der Waals surface area contributed by atoms with E-state index in [9.17, 15) is 4.79 Å². The molecular formula is C13H17Cl2NO2. The molecule has 0 radical (unpaired) electrons. The SMILES string of the molecule is CCC(C)(CCl)NC(=O)COc1cccc(Cl)c1. The highest BCUT2D eigenvalue weighted by Gasteiger charge is 2.23. The maximum atomic E-state index is 11.7. The summed E-state index contributed by atoms with van der Waals surface area (Å²) in [5.74, 6) is 0.744. The molecule has 1 unspecified atom stereocenters.